The van der Waals surface area contributed by atoms with E-state index < -0.39 is 0 Å². The van der Waals surface area contributed by atoms with Crippen molar-refractivity contribution in [3.05, 3.63) is 77.6 Å². The molecule has 0 aliphatic heterocycles. The molecule has 4 heteroatoms. The highest BCUT2D eigenvalue weighted by Gasteiger charge is 2.24. The monoisotopic (exact) mass is 337 g/mol. The Kier molecular flexibility index (Phi) is 5.19. The first-order valence-corrected chi connectivity index (χ1v) is 8.59. The van der Waals surface area contributed by atoms with Gasteiger partial charge in [0.2, 0.25) is 0 Å². The molecule has 3 aromatic rings. The number of nitrogens with zero attached hydrogens (tertiary/aromatic N) is 1. The molecule has 0 fully saturated rings. The van der Waals surface area contributed by atoms with E-state index in [1.807, 2.05) is 86.0 Å². The molecule has 4 nitrogen and oxygen atoms in total. The Balaban J connectivity index is 2.16. The van der Waals surface area contributed by atoms with E-state index in [2.05, 4.69) is 0 Å². The van der Waals surface area contributed by atoms with Crippen molar-refractivity contribution in [3.8, 4) is 0 Å². The minimum absolute atomic E-state index is 0.0468. The lowest BCUT2D eigenvalue weighted by atomic mass is 10.1. The van der Waals surface area contributed by atoms with Gasteiger partial charge in [0.1, 0.15) is 6.10 Å². The van der Waals surface area contributed by atoms with Gasteiger partial charge >= 0.3 is 5.97 Å². The number of hydrogen-bond donors (Lipinski definition) is 0. The minimum atomic E-state index is -0.311. The van der Waals surface area contributed by atoms with Crippen LogP contribution in [0.2, 0.25) is 0 Å². The third kappa shape index (κ3) is 3.59. The van der Waals surface area contributed by atoms with Crippen LogP contribution in [0.1, 0.15) is 48.5 Å². The second-order valence-electron chi connectivity index (χ2n) is 6.13. The molecule has 0 spiro atoms. The summed E-state index contributed by atoms with van der Waals surface area (Å²) in [5.74, 6) is -0.311. The molecule has 1 atom stereocenters. The van der Waals surface area contributed by atoms with Crippen LogP contribution in [0, 0.1) is 0 Å². The average molecular weight is 337 g/mol. The van der Waals surface area contributed by atoms with Crippen molar-refractivity contribution < 1.29 is 14.3 Å². The summed E-state index contributed by atoms with van der Waals surface area (Å²) in [4.78, 5) is 12.4. The van der Waals surface area contributed by atoms with E-state index in [4.69, 9.17) is 9.47 Å². The molecule has 25 heavy (non-hydrogen) atoms. The van der Waals surface area contributed by atoms with Crippen LogP contribution < -0.4 is 0 Å². The lowest BCUT2D eigenvalue weighted by Gasteiger charge is -2.21. The quantitative estimate of drug-likeness (QED) is 0.616. The Morgan fingerprint density at radius 2 is 1.80 bits per heavy atom. The maximum Gasteiger partial charge on any atom is 0.340 e. The van der Waals surface area contributed by atoms with Gasteiger partial charge in [-0.1, -0.05) is 36.4 Å². The number of ether oxygens (including phenoxy) is 2. The number of fused-ring (bicyclic) bond motifs is 1. The number of pyridine rings is 1. The van der Waals surface area contributed by atoms with Crippen molar-refractivity contribution in [1.82, 2.24) is 4.40 Å². The zero-order valence-corrected chi connectivity index (χ0v) is 14.8. The molecule has 2 aromatic heterocycles. The van der Waals surface area contributed by atoms with E-state index in [1.165, 1.54) is 0 Å². The topological polar surface area (TPSA) is 39.9 Å². The van der Waals surface area contributed by atoms with Crippen LogP contribution in [0.5, 0.6) is 0 Å². The molecule has 2 heterocycles. The normalized spacial score (nSPS) is 12.5. The maximum atomic E-state index is 12.4. The zero-order valence-electron chi connectivity index (χ0n) is 14.8. The second-order valence-corrected chi connectivity index (χ2v) is 6.13. The molecule has 0 aliphatic rings. The van der Waals surface area contributed by atoms with Crippen molar-refractivity contribution >= 4 is 11.5 Å². The standard InChI is InChI=1S/C21H23NO3/c1-4-24-21(23)17-14-19(22-13-9-8-12-18(17)22)20(25-15(2)3)16-10-6-5-7-11-16/h5-15,20H,4H2,1-3H3. The summed E-state index contributed by atoms with van der Waals surface area (Å²) in [7, 11) is 0. The molecule has 0 aliphatic carbocycles. The molecule has 0 N–H and O–H groups in total. The largest absolute Gasteiger partial charge is 0.462 e. The SMILES string of the molecule is CCOC(=O)c1cc(C(OC(C)C)c2ccccc2)n2ccccc12. The molecule has 0 saturated heterocycles. The van der Waals surface area contributed by atoms with Crippen LogP contribution in [-0.4, -0.2) is 23.1 Å². The Labute approximate surface area is 148 Å². The highest BCUT2D eigenvalue weighted by Crippen LogP contribution is 2.31. The number of aromatic nitrogens is 1. The molecule has 1 aromatic carbocycles. The predicted molar refractivity (Wildman–Crippen MR) is 97.9 cm³/mol. The third-order valence-corrected chi connectivity index (χ3v) is 3.98. The van der Waals surface area contributed by atoms with Gasteiger partial charge in [0, 0.05) is 6.20 Å². The van der Waals surface area contributed by atoms with Gasteiger partial charge in [-0.3, -0.25) is 0 Å². The number of benzene rings is 1. The molecular weight excluding hydrogens is 314 g/mol. The van der Waals surface area contributed by atoms with Crippen molar-refractivity contribution in [2.45, 2.75) is 33.0 Å². The van der Waals surface area contributed by atoms with Gasteiger partial charge in [0.05, 0.1) is 29.5 Å². The van der Waals surface area contributed by atoms with E-state index in [-0.39, 0.29) is 18.2 Å². The van der Waals surface area contributed by atoms with E-state index >= 15 is 0 Å². The number of carbonyl (C=O) groups is 1. The van der Waals surface area contributed by atoms with Gasteiger partial charge in [-0.05, 0) is 44.5 Å². The van der Waals surface area contributed by atoms with Gasteiger partial charge in [-0.25, -0.2) is 4.79 Å². The number of rotatable bonds is 6. The fraction of sp³-hybridized carbons (Fsp3) is 0.286. The molecule has 0 bridgehead atoms. The first-order chi connectivity index (χ1) is 12.1. The summed E-state index contributed by atoms with van der Waals surface area (Å²) in [5, 5.41) is 0. The zero-order chi connectivity index (χ0) is 17.8. The third-order valence-electron chi connectivity index (χ3n) is 3.98. The van der Waals surface area contributed by atoms with Crippen LogP contribution in [0.4, 0.5) is 0 Å². The van der Waals surface area contributed by atoms with Gasteiger partial charge in [0.25, 0.3) is 0 Å². The molecule has 3 rings (SSSR count). The van der Waals surface area contributed by atoms with Crippen molar-refractivity contribution in [1.29, 1.82) is 0 Å². The van der Waals surface area contributed by atoms with Crippen molar-refractivity contribution in [2.24, 2.45) is 0 Å². The smallest absolute Gasteiger partial charge is 0.340 e. The first kappa shape index (κ1) is 17.2. The van der Waals surface area contributed by atoms with E-state index in [0.717, 1.165) is 16.8 Å². The molecule has 0 saturated carbocycles. The fourth-order valence-corrected chi connectivity index (χ4v) is 2.97. The molecule has 0 radical (unpaired) electrons. The summed E-state index contributed by atoms with van der Waals surface area (Å²) in [6.07, 6.45) is 1.73. The van der Waals surface area contributed by atoms with E-state index in [9.17, 15) is 4.79 Å². The first-order valence-electron chi connectivity index (χ1n) is 8.59. The number of carbonyl (C=O) groups excluding carboxylic acids is 1. The molecule has 1 unspecified atom stereocenters. The Hall–Kier alpha value is -2.59. The highest BCUT2D eigenvalue weighted by atomic mass is 16.5. The summed E-state index contributed by atoms with van der Waals surface area (Å²) in [6.45, 7) is 6.19. The molecular formula is C21H23NO3. The summed E-state index contributed by atoms with van der Waals surface area (Å²) in [6, 6.07) is 17.7. The van der Waals surface area contributed by atoms with Crippen molar-refractivity contribution in [2.75, 3.05) is 6.61 Å². The Morgan fingerprint density at radius 1 is 1.08 bits per heavy atom. The van der Waals surface area contributed by atoms with Gasteiger partial charge in [-0.15, -0.1) is 0 Å². The lowest BCUT2D eigenvalue weighted by molar-refractivity contribution is 0.0277. The van der Waals surface area contributed by atoms with Gasteiger partial charge < -0.3 is 13.9 Å². The Bertz CT molecular complexity index is 852. The van der Waals surface area contributed by atoms with Crippen LogP contribution in [-0.2, 0) is 9.47 Å². The van der Waals surface area contributed by atoms with E-state index in [0.29, 0.717) is 12.2 Å². The summed E-state index contributed by atoms with van der Waals surface area (Å²) < 4.78 is 13.4. The minimum Gasteiger partial charge on any atom is -0.462 e. The second kappa shape index (κ2) is 7.53. The van der Waals surface area contributed by atoms with Crippen LogP contribution in [0.3, 0.4) is 0 Å². The number of esters is 1. The maximum absolute atomic E-state index is 12.4. The highest BCUT2D eigenvalue weighted by molar-refractivity contribution is 5.97. The average Bonchev–Trinajstić information content (AvgIpc) is 3.00. The van der Waals surface area contributed by atoms with Crippen molar-refractivity contribution in [3.63, 3.8) is 0 Å². The predicted octanol–water partition coefficient (Wildman–Crippen LogP) is 4.63. The van der Waals surface area contributed by atoms with Crippen LogP contribution >= 0.6 is 0 Å². The van der Waals surface area contributed by atoms with Gasteiger partial charge in [-0.2, -0.15) is 0 Å². The lowest BCUT2D eigenvalue weighted by Crippen LogP contribution is -2.13. The van der Waals surface area contributed by atoms with E-state index in [1.54, 1.807) is 0 Å². The van der Waals surface area contributed by atoms with Gasteiger partial charge in [0.15, 0.2) is 0 Å². The summed E-state index contributed by atoms with van der Waals surface area (Å²) >= 11 is 0. The van der Waals surface area contributed by atoms with Crippen LogP contribution in [0.25, 0.3) is 5.52 Å². The summed E-state index contributed by atoms with van der Waals surface area (Å²) in [5.41, 5.74) is 3.35. The Morgan fingerprint density at radius 3 is 2.48 bits per heavy atom. The fourth-order valence-electron chi connectivity index (χ4n) is 2.97. The number of hydrogen-bond acceptors (Lipinski definition) is 3. The molecule has 0 amide bonds. The van der Waals surface area contributed by atoms with Crippen LogP contribution in [0.15, 0.2) is 60.8 Å². The molecule has 130 valence electrons.